The Labute approximate surface area is 113 Å². The second kappa shape index (κ2) is 6.52. The van der Waals surface area contributed by atoms with E-state index in [1.165, 1.54) is 0 Å². The number of carbonyl (C=O) groups is 1. The van der Waals surface area contributed by atoms with Crippen molar-refractivity contribution in [3.8, 4) is 5.75 Å². The molecule has 0 saturated heterocycles. The third-order valence-electron chi connectivity index (χ3n) is 3.51. The van der Waals surface area contributed by atoms with Gasteiger partial charge in [-0.25, -0.2) is 0 Å². The number of aliphatic hydroxyl groups is 1. The molecule has 1 saturated carbocycles. The first-order valence-electron chi connectivity index (χ1n) is 6.65. The lowest BCUT2D eigenvalue weighted by Crippen LogP contribution is -2.33. The number of nitrogens with one attached hydrogen (secondary N) is 1. The normalized spacial score (nSPS) is 22.8. The summed E-state index contributed by atoms with van der Waals surface area (Å²) in [5, 5.41) is 12.5. The number of hydrogen-bond acceptors (Lipinski definition) is 4. The van der Waals surface area contributed by atoms with Crippen LogP contribution >= 0.6 is 0 Å². The van der Waals surface area contributed by atoms with Crippen molar-refractivity contribution in [1.29, 1.82) is 0 Å². The zero-order valence-corrected chi connectivity index (χ0v) is 11.1. The van der Waals surface area contributed by atoms with Crippen molar-refractivity contribution >= 4 is 5.91 Å². The molecule has 1 aliphatic rings. The van der Waals surface area contributed by atoms with E-state index in [1.54, 1.807) is 25.4 Å². The second-order valence-corrected chi connectivity index (χ2v) is 4.98. The highest BCUT2D eigenvalue weighted by Gasteiger charge is 2.20. The molecule has 0 aromatic carbocycles. The molecule has 0 bridgehead atoms. The van der Waals surface area contributed by atoms with E-state index in [0.717, 1.165) is 25.7 Å². The Bertz CT molecular complexity index is 436. The van der Waals surface area contributed by atoms with E-state index in [1.807, 2.05) is 0 Å². The van der Waals surface area contributed by atoms with E-state index in [2.05, 4.69) is 10.3 Å². The van der Waals surface area contributed by atoms with Crippen LogP contribution in [0.1, 0.15) is 36.2 Å². The molecule has 1 heterocycles. The van der Waals surface area contributed by atoms with Crippen LogP contribution < -0.4 is 10.1 Å². The minimum absolute atomic E-state index is 0.195. The molecule has 1 aliphatic carbocycles. The number of pyridine rings is 1. The van der Waals surface area contributed by atoms with Gasteiger partial charge in [0.2, 0.25) is 0 Å². The fraction of sp³-hybridized carbons (Fsp3) is 0.571. The van der Waals surface area contributed by atoms with Crippen LogP contribution in [0.3, 0.4) is 0 Å². The molecular formula is C14H20N2O3. The number of ether oxygens (including phenoxy) is 1. The summed E-state index contributed by atoms with van der Waals surface area (Å²) in [5.74, 6) is 0.783. The van der Waals surface area contributed by atoms with Gasteiger partial charge in [-0.3, -0.25) is 9.78 Å². The van der Waals surface area contributed by atoms with Gasteiger partial charge in [-0.1, -0.05) is 6.42 Å². The fourth-order valence-corrected chi connectivity index (χ4v) is 2.44. The van der Waals surface area contributed by atoms with E-state index in [9.17, 15) is 9.90 Å². The smallest absolute Gasteiger partial charge is 0.270 e. The average Bonchev–Trinajstić information content (AvgIpc) is 2.45. The first-order valence-corrected chi connectivity index (χ1v) is 6.65. The van der Waals surface area contributed by atoms with Crippen molar-refractivity contribution in [3.63, 3.8) is 0 Å². The van der Waals surface area contributed by atoms with E-state index in [-0.39, 0.29) is 12.0 Å². The topological polar surface area (TPSA) is 71.5 Å². The summed E-state index contributed by atoms with van der Waals surface area (Å²) >= 11 is 0. The Kier molecular flexibility index (Phi) is 4.74. The Morgan fingerprint density at radius 2 is 2.42 bits per heavy atom. The summed E-state index contributed by atoms with van der Waals surface area (Å²) in [4.78, 5) is 16.0. The number of hydrogen-bond donors (Lipinski definition) is 2. The molecule has 104 valence electrons. The van der Waals surface area contributed by atoms with Crippen molar-refractivity contribution in [2.75, 3.05) is 13.7 Å². The fourth-order valence-electron chi connectivity index (χ4n) is 2.44. The number of amides is 1. The lowest BCUT2D eigenvalue weighted by molar-refractivity contribution is 0.0870. The van der Waals surface area contributed by atoms with E-state index in [4.69, 9.17) is 4.74 Å². The Morgan fingerprint density at radius 1 is 1.58 bits per heavy atom. The molecule has 2 N–H and O–H groups in total. The molecule has 2 rings (SSSR count). The van der Waals surface area contributed by atoms with Crippen LogP contribution in [0.2, 0.25) is 0 Å². The van der Waals surface area contributed by atoms with Gasteiger partial charge in [-0.05, 0) is 31.2 Å². The highest BCUT2D eigenvalue weighted by atomic mass is 16.5. The molecule has 2 atom stereocenters. The minimum Gasteiger partial charge on any atom is -0.497 e. The molecule has 2 unspecified atom stereocenters. The van der Waals surface area contributed by atoms with E-state index >= 15 is 0 Å². The van der Waals surface area contributed by atoms with Crippen LogP contribution in [0, 0.1) is 5.92 Å². The summed E-state index contributed by atoms with van der Waals surface area (Å²) in [6.45, 7) is 0.592. The number of carbonyl (C=O) groups excluding carboxylic acids is 1. The summed E-state index contributed by atoms with van der Waals surface area (Å²) in [6, 6.07) is 3.32. The number of methoxy groups -OCH3 is 1. The lowest BCUT2D eigenvalue weighted by Gasteiger charge is -2.25. The van der Waals surface area contributed by atoms with Gasteiger partial charge in [-0.15, -0.1) is 0 Å². The van der Waals surface area contributed by atoms with Crippen LogP contribution in [0.5, 0.6) is 5.75 Å². The third-order valence-corrected chi connectivity index (χ3v) is 3.51. The van der Waals surface area contributed by atoms with Crippen LogP contribution in [0.15, 0.2) is 18.3 Å². The summed E-state index contributed by atoms with van der Waals surface area (Å²) in [5.41, 5.74) is 0.357. The molecular weight excluding hydrogens is 244 g/mol. The van der Waals surface area contributed by atoms with Crippen LogP contribution in [-0.4, -0.2) is 35.8 Å². The highest BCUT2D eigenvalue weighted by Crippen LogP contribution is 2.23. The average molecular weight is 264 g/mol. The maximum atomic E-state index is 11.9. The molecule has 1 amide bonds. The Balaban J connectivity index is 1.86. The van der Waals surface area contributed by atoms with Crippen molar-refractivity contribution < 1.29 is 14.6 Å². The largest absolute Gasteiger partial charge is 0.497 e. The van der Waals surface area contributed by atoms with Gasteiger partial charge >= 0.3 is 0 Å². The third kappa shape index (κ3) is 3.92. The Hall–Kier alpha value is -1.62. The predicted molar refractivity (Wildman–Crippen MR) is 71.1 cm³/mol. The maximum Gasteiger partial charge on any atom is 0.270 e. The Morgan fingerprint density at radius 3 is 3.16 bits per heavy atom. The molecule has 5 nitrogen and oxygen atoms in total. The molecule has 0 spiro atoms. The first-order chi connectivity index (χ1) is 9.19. The standard InChI is InChI=1S/C14H20N2O3/c1-19-12-5-6-15-13(8-12)14(18)16-9-10-3-2-4-11(17)7-10/h5-6,8,10-11,17H,2-4,7,9H2,1H3,(H,16,18). The molecule has 1 aromatic heterocycles. The molecule has 0 radical (unpaired) electrons. The zero-order chi connectivity index (χ0) is 13.7. The zero-order valence-electron chi connectivity index (χ0n) is 11.1. The van der Waals surface area contributed by atoms with Crippen molar-refractivity contribution in [2.24, 2.45) is 5.92 Å². The van der Waals surface area contributed by atoms with Crippen molar-refractivity contribution in [1.82, 2.24) is 10.3 Å². The quantitative estimate of drug-likeness (QED) is 0.861. The lowest BCUT2D eigenvalue weighted by atomic mass is 9.87. The maximum absolute atomic E-state index is 11.9. The number of aliphatic hydroxyl groups excluding tert-OH is 1. The molecule has 1 fully saturated rings. The first kappa shape index (κ1) is 13.8. The SMILES string of the molecule is COc1ccnc(C(=O)NCC2CCCC(O)C2)c1. The molecule has 5 heteroatoms. The van der Waals surface area contributed by atoms with Crippen LogP contribution in [0.25, 0.3) is 0 Å². The predicted octanol–water partition coefficient (Wildman–Crippen LogP) is 1.37. The van der Waals surface area contributed by atoms with Gasteiger partial charge in [0.1, 0.15) is 11.4 Å². The monoisotopic (exact) mass is 264 g/mol. The molecule has 0 aliphatic heterocycles. The van der Waals surface area contributed by atoms with Gasteiger partial charge in [0.05, 0.1) is 13.2 Å². The summed E-state index contributed by atoms with van der Waals surface area (Å²) in [7, 11) is 1.56. The molecule has 19 heavy (non-hydrogen) atoms. The summed E-state index contributed by atoms with van der Waals surface area (Å²) < 4.78 is 5.06. The van der Waals surface area contributed by atoms with Crippen molar-refractivity contribution in [3.05, 3.63) is 24.0 Å². The van der Waals surface area contributed by atoms with Gasteiger partial charge in [0.15, 0.2) is 0 Å². The number of nitrogens with zero attached hydrogens (tertiary/aromatic N) is 1. The van der Waals surface area contributed by atoms with Gasteiger partial charge in [0, 0.05) is 18.8 Å². The number of rotatable bonds is 4. The second-order valence-electron chi connectivity index (χ2n) is 4.98. The number of aromatic nitrogens is 1. The molecule has 1 aromatic rings. The highest BCUT2D eigenvalue weighted by molar-refractivity contribution is 5.92. The van der Waals surface area contributed by atoms with Gasteiger partial charge in [-0.2, -0.15) is 0 Å². The summed E-state index contributed by atoms with van der Waals surface area (Å²) in [6.07, 6.45) is 5.07. The van der Waals surface area contributed by atoms with Gasteiger partial charge < -0.3 is 15.2 Å². The van der Waals surface area contributed by atoms with Gasteiger partial charge in [0.25, 0.3) is 5.91 Å². The van der Waals surface area contributed by atoms with Crippen LogP contribution in [-0.2, 0) is 0 Å². The van der Waals surface area contributed by atoms with Crippen molar-refractivity contribution in [2.45, 2.75) is 31.8 Å². The van der Waals surface area contributed by atoms with E-state index in [0.29, 0.717) is 23.9 Å². The van der Waals surface area contributed by atoms with Crippen LogP contribution in [0.4, 0.5) is 0 Å². The van der Waals surface area contributed by atoms with E-state index < -0.39 is 0 Å². The minimum atomic E-state index is -0.217.